The molecule has 1 aromatic heterocycles. The van der Waals surface area contributed by atoms with Gasteiger partial charge in [-0.15, -0.1) is 0 Å². The number of nitrogens with two attached hydrogens (primary N) is 2. The molecule has 14 heteroatoms. The first-order valence-corrected chi connectivity index (χ1v) is 8.65. The molecule has 0 fully saturated rings. The van der Waals surface area contributed by atoms with E-state index in [1.807, 2.05) is 0 Å². The van der Waals surface area contributed by atoms with Gasteiger partial charge in [-0.05, 0) is 30.7 Å². The number of H-pyrrole nitrogens is 1. The average molecular weight is 433 g/mol. The maximum atomic E-state index is 12.2. The van der Waals surface area contributed by atoms with Crippen LogP contribution in [0.3, 0.4) is 0 Å². The molecule has 0 aliphatic rings. The summed E-state index contributed by atoms with van der Waals surface area (Å²) in [6.45, 7) is 0. The highest BCUT2D eigenvalue weighted by Gasteiger charge is 2.21. The molecule has 1 atom stereocenters. The highest BCUT2D eigenvalue weighted by Crippen LogP contribution is 2.13. The van der Waals surface area contributed by atoms with Crippen LogP contribution in [0.25, 0.3) is 0 Å². The molecule has 0 saturated heterocycles. The van der Waals surface area contributed by atoms with Gasteiger partial charge in [0.1, 0.15) is 11.7 Å². The third-order valence-corrected chi connectivity index (χ3v) is 3.86. The summed E-state index contributed by atoms with van der Waals surface area (Å²) < 4.78 is 0. The van der Waals surface area contributed by atoms with E-state index in [-0.39, 0.29) is 35.1 Å². The van der Waals surface area contributed by atoms with Gasteiger partial charge in [0, 0.05) is 17.7 Å². The van der Waals surface area contributed by atoms with E-state index in [0.717, 1.165) is 0 Å². The topological polar surface area (TPSA) is 243 Å². The molecular weight excluding hydrogens is 414 g/mol. The Morgan fingerprint density at radius 3 is 2.29 bits per heavy atom. The predicted octanol–water partition coefficient (Wildman–Crippen LogP) is -0.374. The number of aromatic amines is 1. The van der Waals surface area contributed by atoms with Crippen molar-refractivity contribution in [3.05, 3.63) is 40.2 Å². The zero-order valence-corrected chi connectivity index (χ0v) is 15.8. The van der Waals surface area contributed by atoms with E-state index in [4.69, 9.17) is 21.7 Å². The summed E-state index contributed by atoms with van der Waals surface area (Å²) in [5.74, 6) is -3.76. The Morgan fingerprint density at radius 1 is 1.06 bits per heavy atom. The van der Waals surface area contributed by atoms with Crippen molar-refractivity contribution in [2.75, 3.05) is 22.1 Å². The minimum absolute atomic E-state index is 0.0841. The summed E-state index contributed by atoms with van der Waals surface area (Å²) in [4.78, 5) is 63.4. The molecule has 0 radical (unpaired) electrons. The number of hydrogen-bond acceptors (Lipinski definition) is 8. The third-order valence-electron chi connectivity index (χ3n) is 3.86. The summed E-state index contributed by atoms with van der Waals surface area (Å²) in [6.07, 6.45) is -0.701. The molecule has 1 heterocycles. The maximum Gasteiger partial charge on any atom is 0.326 e. The molecule has 1 unspecified atom stereocenters. The first-order valence-electron chi connectivity index (χ1n) is 8.65. The number of nitrogens with zero attached hydrogens (tertiary/aromatic N) is 1. The second kappa shape index (κ2) is 9.73. The van der Waals surface area contributed by atoms with Crippen molar-refractivity contribution in [2.24, 2.45) is 0 Å². The zero-order valence-electron chi connectivity index (χ0n) is 15.8. The van der Waals surface area contributed by atoms with E-state index >= 15 is 0 Å². The van der Waals surface area contributed by atoms with E-state index in [1.165, 1.54) is 24.3 Å². The number of hydrogen-bond donors (Lipinski definition) is 8. The van der Waals surface area contributed by atoms with Crippen LogP contribution in [0.15, 0.2) is 29.1 Å². The minimum atomic E-state index is -1.37. The molecule has 0 bridgehead atoms. The van der Waals surface area contributed by atoms with Crippen molar-refractivity contribution in [1.82, 2.24) is 15.3 Å². The number of anilines is 4. The lowest BCUT2D eigenvalue weighted by Crippen LogP contribution is -2.41. The highest BCUT2D eigenvalue weighted by molar-refractivity contribution is 6.01. The van der Waals surface area contributed by atoms with E-state index in [9.17, 15) is 24.0 Å². The van der Waals surface area contributed by atoms with Gasteiger partial charge in [-0.1, -0.05) is 0 Å². The fourth-order valence-electron chi connectivity index (χ4n) is 2.34. The number of carbonyl (C=O) groups is 4. The Morgan fingerprint density at radius 2 is 1.71 bits per heavy atom. The Kier molecular flexibility index (Phi) is 7.11. The quantitative estimate of drug-likeness (QED) is 0.268. The molecule has 2 aromatic rings. The Bertz CT molecular complexity index is 1070. The predicted molar refractivity (Wildman–Crippen MR) is 109 cm³/mol. The molecule has 3 amide bonds. The molecule has 2 rings (SSSR count). The normalized spacial score (nSPS) is 11.2. The number of benzene rings is 1. The molecule has 14 nitrogen and oxygen atoms in total. The average Bonchev–Trinajstić information content (AvgIpc) is 2.68. The SMILES string of the molecule is Nc1nc(NC(=O)Nc2ccc(C(=O)NC(CCC(=O)O)C(=O)O)cc2)c(N)c(=O)[nH]1. The van der Waals surface area contributed by atoms with Gasteiger partial charge in [-0.25, -0.2) is 9.59 Å². The van der Waals surface area contributed by atoms with Crippen LogP contribution in [0.5, 0.6) is 0 Å². The van der Waals surface area contributed by atoms with Gasteiger partial charge in [0.25, 0.3) is 11.5 Å². The van der Waals surface area contributed by atoms with Crippen molar-refractivity contribution < 1.29 is 29.4 Å². The molecule has 0 spiro atoms. The third kappa shape index (κ3) is 6.45. The van der Waals surface area contributed by atoms with Gasteiger partial charge >= 0.3 is 18.0 Å². The molecule has 1 aromatic carbocycles. The smallest absolute Gasteiger partial charge is 0.326 e. The summed E-state index contributed by atoms with van der Waals surface area (Å²) in [5.41, 5.74) is 10.2. The van der Waals surface area contributed by atoms with Crippen LogP contribution in [-0.4, -0.2) is 50.1 Å². The zero-order chi connectivity index (χ0) is 23.1. The summed E-state index contributed by atoms with van der Waals surface area (Å²) in [6, 6.07) is 3.21. The molecular formula is C17H19N7O7. The fraction of sp³-hybridized carbons (Fsp3) is 0.176. The van der Waals surface area contributed by atoms with Crippen LogP contribution in [0, 0.1) is 0 Å². The number of nitrogens with one attached hydrogen (secondary N) is 4. The van der Waals surface area contributed by atoms with Crippen molar-refractivity contribution in [3.8, 4) is 0 Å². The first kappa shape index (κ1) is 22.7. The van der Waals surface area contributed by atoms with E-state index < -0.39 is 41.9 Å². The van der Waals surface area contributed by atoms with Gasteiger partial charge in [-0.3, -0.25) is 24.7 Å². The first-order chi connectivity index (χ1) is 14.6. The second-order valence-electron chi connectivity index (χ2n) is 6.17. The maximum absolute atomic E-state index is 12.2. The number of urea groups is 1. The minimum Gasteiger partial charge on any atom is -0.481 e. The van der Waals surface area contributed by atoms with E-state index in [1.54, 1.807) is 0 Å². The number of aliphatic carboxylic acids is 2. The number of amides is 3. The molecule has 0 saturated carbocycles. The molecule has 0 aliphatic carbocycles. The van der Waals surface area contributed by atoms with Crippen molar-refractivity contribution in [1.29, 1.82) is 0 Å². The number of nitrogen functional groups attached to an aromatic ring is 2. The summed E-state index contributed by atoms with van der Waals surface area (Å²) in [7, 11) is 0. The Labute approximate surface area is 173 Å². The van der Waals surface area contributed by atoms with Crippen LogP contribution in [-0.2, 0) is 9.59 Å². The van der Waals surface area contributed by atoms with Gasteiger partial charge in [0.15, 0.2) is 5.82 Å². The van der Waals surface area contributed by atoms with Gasteiger partial charge < -0.3 is 32.3 Å². The number of carbonyl (C=O) groups excluding carboxylic acids is 2. The monoisotopic (exact) mass is 433 g/mol. The van der Waals surface area contributed by atoms with Crippen LogP contribution in [0.2, 0.25) is 0 Å². The fourth-order valence-corrected chi connectivity index (χ4v) is 2.34. The van der Waals surface area contributed by atoms with Crippen molar-refractivity contribution in [3.63, 3.8) is 0 Å². The Balaban J connectivity index is 2.00. The van der Waals surface area contributed by atoms with Crippen molar-refractivity contribution in [2.45, 2.75) is 18.9 Å². The van der Waals surface area contributed by atoms with Crippen LogP contribution < -0.4 is 33.0 Å². The van der Waals surface area contributed by atoms with Crippen LogP contribution >= 0.6 is 0 Å². The van der Waals surface area contributed by atoms with E-state index in [2.05, 4.69) is 25.9 Å². The number of carboxylic acid groups (broad SMARTS) is 2. The molecule has 31 heavy (non-hydrogen) atoms. The van der Waals surface area contributed by atoms with Gasteiger partial charge in [0.05, 0.1) is 0 Å². The van der Waals surface area contributed by atoms with Crippen molar-refractivity contribution >= 4 is 47.0 Å². The lowest BCUT2D eigenvalue weighted by Gasteiger charge is -2.14. The van der Waals surface area contributed by atoms with Gasteiger partial charge in [0.2, 0.25) is 5.95 Å². The number of aromatic nitrogens is 2. The highest BCUT2D eigenvalue weighted by atomic mass is 16.4. The van der Waals surface area contributed by atoms with Crippen LogP contribution in [0.4, 0.5) is 27.9 Å². The van der Waals surface area contributed by atoms with E-state index in [0.29, 0.717) is 0 Å². The standard InChI is InChI=1S/C17H19N7O7/c18-11-12(22-16(19)24-14(11)28)23-17(31)20-8-3-1-7(2-4-8)13(27)21-9(15(29)30)5-6-10(25)26/h1-4,9H,5-6,18H2,(H,21,27)(H,25,26)(H,29,30)(H5,19,20,22,23,24,28,31). The second-order valence-corrected chi connectivity index (χ2v) is 6.17. The number of carboxylic acids is 2. The lowest BCUT2D eigenvalue weighted by molar-refractivity contribution is -0.140. The molecule has 0 aliphatic heterocycles. The summed E-state index contributed by atoms with van der Waals surface area (Å²) >= 11 is 0. The number of rotatable bonds is 8. The van der Waals surface area contributed by atoms with Gasteiger partial charge in [-0.2, -0.15) is 4.98 Å². The Hall–Kier alpha value is -4.62. The molecule has 164 valence electrons. The lowest BCUT2D eigenvalue weighted by atomic mass is 10.1. The molecule has 10 N–H and O–H groups in total. The van der Waals surface area contributed by atoms with Crippen LogP contribution in [0.1, 0.15) is 23.2 Å². The largest absolute Gasteiger partial charge is 0.481 e. The summed E-state index contributed by atoms with van der Waals surface area (Å²) in [5, 5.41) is 24.7.